The van der Waals surface area contributed by atoms with Crippen LogP contribution in [0.1, 0.15) is 154 Å². The molecule has 4 amide bonds. The first-order valence-electron chi connectivity index (χ1n) is 39.8. The number of halogens is 2. The number of pyridine rings is 4. The lowest BCUT2D eigenvalue weighted by Crippen LogP contribution is -2.52. The van der Waals surface area contributed by atoms with E-state index in [9.17, 15) is 29.7 Å². The molecule has 18 rings (SSSR count). The van der Waals surface area contributed by atoms with Crippen molar-refractivity contribution in [2.45, 2.75) is 111 Å². The van der Waals surface area contributed by atoms with Gasteiger partial charge in [0.05, 0.1) is 68.4 Å². The number of hydrogen-bond acceptors (Lipinski definition) is 20. The van der Waals surface area contributed by atoms with Gasteiger partial charge in [-0.2, -0.15) is 10.5 Å². The standard InChI is InChI=1S/2C25H24ClN5O.2C23H20N4OS/c2*1-25(19-9-10-29-21(12-19)18-11-20(26)14-28-13-18)22(23(32)31(2)24(27)30-25)17-7-5-16(6-8-17)15-3-4-15;2*1-23(19-12-18(14-29-19)17-10-6-7-15(11-17)13-24)20(16-8-4-3-5-9-16)21(28)27(2)22(25)26-23/h2*5-15,22H,3-4H2,1-2H3,(H2,27,30);2*3-12,14,20H,1-2H3,(H2,25,26)/t22-,25+;22-,25-;20-,23+;20-,23-/m0101/s1. The molecule has 22 nitrogen and oxygen atoms in total. The maximum absolute atomic E-state index is 13.5. The van der Waals surface area contributed by atoms with Crippen molar-refractivity contribution < 1.29 is 19.2 Å². The van der Waals surface area contributed by atoms with Crippen LogP contribution in [-0.2, 0) is 41.3 Å². The van der Waals surface area contributed by atoms with E-state index >= 15 is 0 Å². The van der Waals surface area contributed by atoms with E-state index in [-0.39, 0.29) is 47.5 Å². The molecule has 122 heavy (non-hydrogen) atoms. The fourth-order valence-corrected chi connectivity index (χ4v) is 18.9. The first kappa shape index (κ1) is 83.7. The Kier molecular flexibility index (Phi) is 23.6. The number of guanidine groups is 4. The second-order valence-electron chi connectivity index (χ2n) is 31.9. The summed E-state index contributed by atoms with van der Waals surface area (Å²) in [5, 5.41) is 23.5. The van der Waals surface area contributed by atoms with Crippen LogP contribution in [0.25, 0.3) is 44.8 Å². The minimum atomic E-state index is -0.890. The van der Waals surface area contributed by atoms with E-state index in [2.05, 4.69) is 80.6 Å². The normalized spacial score (nSPS) is 22.4. The highest BCUT2D eigenvalue weighted by molar-refractivity contribution is 7.11. The lowest BCUT2D eigenvalue weighted by molar-refractivity contribution is -0.131. The number of aromatic nitrogens is 4. The Morgan fingerprint density at radius 3 is 1.02 bits per heavy atom. The van der Waals surface area contributed by atoms with Crippen LogP contribution in [0.2, 0.25) is 10.0 Å². The minimum Gasteiger partial charge on any atom is -0.369 e. The van der Waals surface area contributed by atoms with E-state index in [1.165, 1.54) is 56.4 Å². The zero-order valence-corrected chi connectivity index (χ0v) is 71.5. The molecule has 6 aliphatic rings. The van der Waals surface area contributed by atoms with E-state index in [0.717, 1.165) is 76.5 Å². The van der Waals surface area contributed by atoms with Gasteiger partial charge in [0.2, 0.25) is 23.6 Å². The lowest BCUT2D eigenvalue weighted by atomic mass is 9.74. The number of aliphatic imine (C=N–C) groups is 4. The average molecular weight is 1690 g/mol. The van der Waals surface area contributed by atoms with Crippen molar-refractivity contribution in [1.29, 1.82) is 10.5 Å². The maximum Gasteiger partial charge on any atom is 0.239 e. The van der Waals surface area contributed by atoms with Crippen LogP contribution < -0.4 is 22.9 Å². The summed E-state index contributed by atoms with van der Waals surface area (Å²) in [7, 11) is 6.65. The molecule has 26 heteroatoms. The van der Waals surface area contributed by atoms with Gasteiger partial charge in [-0.15, -0.1) is 22.7 Å². The molecule has 10 heterocycles. The molecule has 2 fully saturated rings. The van der Waals surface area contributed by atoms with Gasteiger partial charge in [-0.3, -0.25) is 58.7 Å². The Hall–Kier alpha value is -13.4. The topological polar surface area (TPSA) is 334 Å². The third-order valence-electron chi connectivity index (χ3n) is 23.8. The molecular formula is C96H88Cl2N18O4S2. The van der Waals surface area contributed by atoms with Crippen LogP contribution in [0.4, 0.5) is 0 Å². The van der Waals surface area contributed by atoms with Crippen molar-refractivity contribution in [2.75, 3.05) is 28.2 Å². The second kappa shape index (κ2) is 34.4. The summed E-state index contributed by atoms with van der Waals surface area (Å²) in [6.07, 6.45) is 15.0. The third-order valence-corrected chi connectivity index (χ3v) is 26.5. The molecule has 2 aliphatic carbocycles. The predicted molar refractivity (Wildman–Crippen MR) is 482 cm³/mol. The van der Waals surface area contributed by atoms with Crippen LogP contribution in [0.3, 0.4) is 0 Å². The first-order valence-corrected chi connectivity index (χ1v) is 42.3. The number of benzene rings is 6. The van der Waals surface area contributed by atoms with Crippen molar-refractivity contribution in [2.24, 2.45) is 42.9 Å². The quantitative estimate of drug-likeness (QED) is 0.0786. The van der Waals surface area contributed by atoms with E-state index in [0.29, 0.717) is 44.4 Å². The highest BCUT2D eigenvalue weighted by atomic mass is 35.5. The van der Waals surface area contributed by atoms with Gasteiger partial charge in [0, 0.05) is 86.3 Å². The molecule has 0 spiro atoms. The molecule has 6 aromatic heterocycles. The number of hydrogen-bond donors (Lipinski definition) is 4. The highest BCUT2D eigenvalue weighted by Crippen LogP contribution is 2.52. The lowest BCUT2D eigenvalue weighted by Gasteiger charge is -2.41. The van der Waals surface area contributed by atoms with E-state index in [1.807, 2.05) is 184 Å². The maximum atomic E-state index is 13.5. The molecule has 0 unspecified atom stereocenters. The van der Waals surface area contributed by atoms with Crippen LogP contribution in [0.5, 0.6) is 0 Å². The number of nitriles is 2. The number of rotatable bonds is 14. The summed E-state index contributed by atoms with van der Waals surface area (Å²) >= 11 is 15.4. The molecule has 612 valence electrons. The SMILES string of the molecule is CN1C(=O)[C@@H](c2ccc(C3CC3)cc2)[C@@](C)(c2ccnc(-c3cncc(Cl)c3)c2)N=C1N.CN1C(=O)[C@@H](c2ccccc2)[C@@](C)(c2cc(-c3cccc(C#N)c3)cs2)N=C1N.CN1C(=O)[C@H](c2ccc(C3CC3)cc2)[C@@](C)(c2ccnc(-c3cncc(Cl)c3)c2)N=C1N.CN1C(=O)[C@H](c2ccccc2)[C@@](C)(c2cc(-c3cccc(C#N)c3)cs2)N=C1N. The predicted octanol–water partition coefficient (Wildman–Crippen LogP) is 17.1. The Bertz CT molecular complexity index is 5860. The van der Waals surface area contributed by atoms with Gasteiger partial charge in [0.1, 0.15) is 22.2 Å². The number of nitrogens with two attached hydrogens (primary N) is 4. The van der Waals surface area contributed by atoms with E-state index < -0.39 is 45.8 Å². The second-order valence-corrected chi connectivity index (χ2v) is 34.6. The number of likely N-dealkylation sites (N-methyl/N-ethyl adjacent to an activating group) is 4. The van der Waals surface area contributed by atoms with Gasteiger partial charge in [-0.05, 0) is 216 Å². The summed E-state index contributed by atoms with van der Waals surface area (Å²) in [6, 6.07) is 70.9. The highest BCUT2D eigenvalue weighted by Gasteiger charge is 2.52. The third kappa shape index (κ3) is 16.7. The van der Waals surface area contributed by atoms with Crippen LogP contribution >= 0.6 is 45.9 Å². The molecule has 0 radical (unpaired) electrons. The molecule has 0 bridgehead atoms. The van der Waals surface area contributed by atoms with Gasteiger partial charge < -0.3 is 22.9 Å². The van der Waals surface area contributed by atoms with Gasteiger partial charge in [-0.1, -0.05) is 157 Å². The summed E-state index contributed by atoms with van der Waals surface area (Å²) in [6.45, 7) is 7.84. The number of nitrogens with zero attached hydrogens (tertiary/aromatic N) is 14. The number of carbonyl (C=O) groups is 4. The van der Waals surface area contributed by atoms with Crippen molar-refractivity contribution in [1.82, 2.24) is 39.5 Å². The van der Waals surface area contributed by atoms with Gasteiger partial charge in [0.15, 0.2) is 23.8 Å². The Labute approximate surface area is 726 Å². The van der Waals surface area contributed by atoms with Crippen LogP contribution in [0.15, 0.2) is 274 Å². The Balaban J connectivity index is 0.000000126. The number of thiophene rings is 2. The molecule has 12 aromatic rings. The van der Waals surface area contributed by atoms with Gasteiger partial charge in [-0.25, -0.2) is 20.0 Å². The molecule has 0 saturated heterocycles. The Morgan fingerprint density at radius 1 is 0.369 bits per heavy atom. The summed E-state index contributed by atoms with van der Waals surface area (Å²) < 4.78 is 0. The summed E-state index contributed by atoms with van der Waals surface area (Å²) in [4.78, 5) is 97.5. The van der Waals surface area contributed by atoms with Crippen molar-refractivity contribution in [3.63, 3.8) is 0 Å². The van der Waals surface area contributed by atoms with Crippen molar-refractivity contribution in [3.8, 4) is 56.9 Å². The molecule has 6 aromatic carbocycles. The summed E-state index contributed by atoms with van der Waals surface area (Å²) in [5.41, 5.74) is 37.3. The fraction of sp³-hybridized carbons (Fsp3) is 0.229. The van der Waals surface area contributed by atoms with E-state index in [4.69, 9.17) is 66.1 Å². The van der Waals surface area contributed by atoms with Crippen molar-refractivity contribution >= 4 is 93.3 Å². The monoisotopic (exact) mass is 1690 g/mol. The first-order chi connectivity index (χ1) is 58.6. The molecule has 8 N–H and O–H groups in total. The number of carbonyl (C=O) groups excluding carboxylic acids is 4. The minimum absolute atomic E-state index is 0.0763. The zero-order chi connectivity index (χ0) is 86.1. The Morgan fingerprint density at radius 2 is 0.689 bits per heavy atom. The van der Waals surface area contributed by atoms with Gasteiger partial charge >= 0.3 is 0 Å². The zero-order valence-electron chi connectivity index (χ0n) is 68.3. The average Bonchev–Trinajstić information content (AvgIpc) is 1.37. The van der Waals surface area contributed by atoms with Crippen LogP contribution in [0, 0.1) is 22.7 Å². The summed E-state index contributed by atoms with van der Waals surface area (Å²) in [5.74, 6) is -0.151. The van der Waals surface area contributed by atoms with Crippen molar-refractivity contribution in [3.05, 3.63) is 330 Å². The molecule has 2 saturated carbocycles. The molecule has 8 atom stereocenters. The number of amides is 4. The fourth-order valence-electron chi connectivity index (χ4n) is 16.4. The largest absolute Gasteiger partial charge is 0.369 e. The van der Waals surface area contributed by atoms with Crippen LogP contribution in [-0.4, -0.2) is 115 Å². The molecule has 4 aliphatic heterocycles. The van der Waals surface area contributed by atoms with Gasteiger partial charge in [0.25, 0.3) is 0 Å². The smallest absolute Gasteiger partial charge is 0.239 e. The molecular weight excluding hydrogens is 1600 g/mol. The van der Waals surface area contributed by atoms with E-state index in [1.54, 1.807) is 100 Å².